The lowest BCUT2D eigenvalue weighted by molar-refractivity contribution is -0.142. The summed E-state index contributed by atoms with van der Waals surface area (Å²) in [5, 5.41) is 4.02. The van der Waals surface area contributed by atoms with Gasteiger partial charge in [0.15, 0.2) is 5.69 Å². The topological polar surface area (TPSA) is 43.8 Å². The highest BCUT2D eigenvalue weighted by Crippen LogP contribution is 2.38. The number of fused-ring (bicyclic) bond motifs is 1. The molecule has 0 saturated carbocycles. The first-order valence-electron chi connectivity index (χ1n) is 8.21. The van der Waals surface area contributed by atoms with Crippen LogP contribution in [0, 0.1) is 0 Å². The Kier molecular flexibility index (Phi) is 4.10. The number of aromatic nitrogens is 2. The molecule has 0 bridgehead atoms. The summed E-state index contributed by atoms with van der Waals surface area (Å²) in [6, 6.07) is 7.45. The minimum Gasteiger partial charge on any atom is -0.399 e. The van der Waals surface area contributed by atoms with Crippen LogP contribution in [0.15, 0.2) is 24.3 Å². The number of hydrogen-bond acceptors (Lipinski definition) is 2. The highest BCUT2D eigenvalue weighted by molar-refractivity contribution is 5.39. The van der Waals surface area contributed by atoms with E-state index >= 15 is 0 Å². The molecule has 2 N–H and O–H groups in total. The highest BCUT2D eigenvalue weighted by atomic mass is 19.4. The largest absolute Gasteiger partial charge is 0.435 e. The molecule has 0 unspecified atom stereocenters. The number of nitrogens with zero attached hydrogens (tertiary/aromatic N) is 2. The average Bonchev–Trinajstić information content (AvgIpc) is 2.90. The maximum absolute atomic E-state index is 13.4. The number of alkyl halides is 3. The van der Waals surface area contributed by atoms with Crippen LogP contribution in [-0.4, -0.2) is 9.78 Å². The van der Waals surface area contributed by atoms with Crippen molar-refractivity contribution in [3.05, 3.63) is 46.8 Å². The van der Waals surface area contributed by atoms with Crippen molar-refractivity contribution in [1.29, 1.82) is 0 Å². The van der Waals surface area contributed by atoms with Gasteiger partial charge < -0.3 is 5.73 Å². The molecule has 0 saturated heterocycles. The second-order valence-electron chi connectivity index (χ2n) is 7.12. The molecule has 0 radical (unpaired) electrons. The van der Waals surface area contributed by atoms with Gasteiger partial charge in [0, 0.05) is 16.9 Å². The third-order valence-corrected chi connectivity index (χ3v) is 4.64. The minimum absolute atomic E-state index is 0.388. The minimum atomic E-state index is -4.40. The zero-order valence-electron chi connectivity index (χ0n) is 14.0. The van der Waals surface area contributed by atoms with Crippen LogP contribution >= 0.6 is 0 Å². The first kappa shape index (κ1) is 16.9. The van der Waals surface area contributed by atoms with Gasteiger partial charge in [-0.1, -0.05) is 12.1 Å². The normalized spacial score (nSPS) is 15.4. The molecular formula is C18H22F3N3. The third kappa shape index (κ3) is 3.14. The standard InChI is InChI=1S/C18H22F3N3/c1-17(2,11-12-7-9-13(22)10-8-12)24-15-6-4-3-5-14(15)16(23-24)18(19,20)21/h7-10H,3-6,11,22H2,1-2H3. The Morgan fingerprint density at radius 1 is 1.08 bits per heavy atom. The van der Waals surface area contributed by atoms with E-state index in [0.717, 1.165) is 24.1 Å². The lowest BCUT2D eigenvalue weighted by Gasteiger charge is -2.29. The van der Waals surface area contributed by atoms with E-state index in [2.05, 4.69) is 5.10 Å². The predicted molar refractivity (Wildman–Crippen MR) is 87.8 cm³/mol. The van der Waals surface area contributed by atoms with Gasteiger partial charge in [-0.25, -0.2) is 0 Å². The van der Waals surface area contributed by atoms with Gasteiger partial charge in [0.1, 0.15) is 0 Å². The van der Waals surface area contributed by atoms with Gasteiger partial charge in [0.2, 0.25) is 0 Å². The van der Waals surface area contributed by atoms with Crippen LogP contribution in [-0.2, 0) is 31.0 Å². The summed E-state index contributed by atoms with van der Waals surface area (Å²) in [4.78, 5) is 0. The third-order valence-electron chi connectivity index (χ3n) is 4.64. The second-order valence-corrected chi connectivity index (χ2v) is 7.12. The van der Waals surface area contributed by atoms with Crippen LogP contribution in [0.2, 0.25) is 0 Å². The van der Waals surface area contributed by atoms with Crippen LogP contribution in [0.4, 0.5) is 18.9 Å². The molecular weight excluding hydrogens is 315 g/mol. The van der Waals surface area contributed by atoms with E-state index < -0.39 is 17.4 Å². The monoisotopic (exact) mass is 337 g/mol. The maximum atomic E-state index is 13.4. The molecule has 1 aliphatic rings. The maximum Gasteiger partial charge on any atom is 0.435 e. The lowest BCUT2D eigenvalue weighted by atomic mass is 9.91. The Morgan fingerprint density at radius 3 is 2.33 bits per heavy atom. The van der Waals surface area contributed by atoms with Crippen LogP contribution in [0.25, 0.3) is 0 Å². The van der Waals surface area contributed by atoms with Gasteiger partial charge in [0.05, 0.1) is 5.54 Å². The van der Waals surface area contributed by atoms with Gasteiger partial charge in [-0.2, -0.15) is 18.3 Å². The highest BCUT2D eigenvalue weighted by Gasteiger charge is 2.41. The van der Waals surface area contributed by atoms with Crippen LogP contribution in [0.5, 0.6) is 0 Å². The van der Waals surface area contributed by atoms with Crippen LogP contribution < -0.4 is 5.73 Å². The quantitative estimate of drug-likeness (QED) is 0.847. The molecule has 6 heteroatoms. The fourth-order valence-corrected chi connectivity index (χ4v) is 3.54. The SMILES string of the molecule is CC(C)(Cc1ccc(N)cc1)n1nc(C(F)(F)F)c2c1CCCC2. The van der Waals surface area contributed by atoms with Gasteiger partial charge in [-0.05, 0) is 63.6 Å². The first-order valence-corrected chi connectivity index (χ1v) is 8.21. The Labute approximate surface area is 139 Å². The fourth-order valence-electron chi connectivity index (χ4n) is 3.54. The van der Waals surface area contributed by atoms with Crippen molar-refractivity contribution >= 4 is 5.69 Å². The van der Waals surface area contributed by atoms with Crippen molar-refractivity contribution in [3.63, 3.8) is 0 Å². The number of nitrogen functional groups attached to an aromatic ring is 1. The van der Waals surface area contributed by atoms with Gasteiger partial charge in [-0.3, -0.25) is 4.68 Å². The van der Waals surface area contributed by atoms with Crippen molar-refractivity contribution in [2.75, 3.05) is 5.73 Å². The Morgan fingerprint density at radius 2 is 1.71 bits per heavy atom. The second kappa shape index (κ2) is 5.83. The van der Waals surface area contributed by atoms with Crippen molar-refractivity contribution in [1.82, 2.24) is 9.78 Å². The summed E-state index contributed by atoms with van der Waals surface area (Å²) in [6.07, 6.45) is -0.984. The van der Waals surface area contributed by atoms with Gasteiger partial charge in [0.25, 0.3) is 0 Å². The molecule has 2 aromatic rings. The molecule has 1 heterocycles. The zero-order valence-corrected chi connectivity index (χ0v) is 14.0. The summed E-state index contributed by atoms with van der Waals surface area (Å²) in [7, 11) is 0. The first-order chi connectivity index (χ1) is 11.2. The zero-order chi connectivity index (χ0) is 17.5. The van der Waals surface area contributed by atoms with Crippen molar-refractivity contribution < 1.29 is 13.2 Å². The molecule has 3 nitrogen and oxygen atoms in total. The van der Waals surface area contributed by atoms with Crippen molar-refractivity contribution in [2.24, 2.45) is 0 Å². The van der Waals surface area contributed by atoms with Crippen LogP contribution in [0.3, 0.4) is 0 Å². The van der Waals surface area contributed by atoms with E-state index in [-0.39, 0.29) is 0 Å². The lowest BCUT2D eigenvalue weighted by Crippen LogP contribution is -2.32. The Balaban J connectivity index is 2.01. The van der Waals surface area contributed by atoms with Crippen molar-refractivity contribution in [2.45, 2.75) is 57.7 Å². The number of rotatable bonds is 3. The number of hydrogen-bond donors (Lipinski definition) is 1. The van der Waals surface area contributed by atoms with Gasteiger partial charge >= 0.3 is 6.18 Å². The summed E-state index contributed by atoms with van der Waals surface area (Å²) in [5.41, 5.74) is 7.29. The van der Waals surface area contributed by atoms with Gasteiger partial charge in [-0.15, -0.1) is 0 Å². The average molecular weight is 337 g/mol. The molecule has 1 aliphatic carbocycles. The molecule has 130 valence electrons. The molecule has 0 amide bonds. The van der Waals surface area contributed by atoms with E-state index in [1.807, 2.05) is 38.1 Å². The van der Waals surface area contributed by atoms with E-state index in [0.29, 0.717) is 30.5 Å². The molecule has 1 aromatic carbocycles. The molecule has 0 aliphatic heterocycles. The number of halogens is 3. The van der Waals surface area contributed by atoms with E-state index in [9.17, 15) is 13.2 Å². The molecule has 0 fully saturated rings. The number of benzene rings is 1. The Bertz CT molecular complexity index is 727. The fraction of sp³-hybridized carbons (Fsp3) is 0.500. The molecule has 3 rings (SSSR count). The summed E-state index contributed by atoms with van der Waals surface area (Å²) >= 11 is 0. The molecule has 1 aromatic heterocycles. The summed E-state index contributed by atoms with van der Waals surface area (Å²) < 4.78 is 41.7. The molecule has 0 atom stereocenters. The summed E-state index contributed by atoms with van der Waals surface area (Å²) in [6.45, 7) is 3.87. The number of nitrogens with two attached hydrogens (primary N) is 1. The molecule has 24 heavy (non-hydrogen) atoms. The van der Waals surface area contributed by atoms with Crippen molar-refractivity contribution in [3.8, 4) is 0 Å². The van der Waals surface area contributed by atoms with E-state index in [4.69, 9.17) is 5.73 Å². The van der Waals surface area contributed by atoms with Crippen LogP contribution in [0.1, 0.15) is 49.2 Å². The number of anilines is 1. The van der Waals surface area contributed by atoms with E-state index in [1.54, 1.807) is 4.68 Å². The molecule has 0 spiro atoms. The Hall–Kier alpha value is -1.98. The predicted octanol–water partition coefficient (Wildman–Crippen LogP) is 4.34. The summed E-state index contributed by atoms with van der Waals surface area (Å²) in [5.74, 6) is 0. The smallest absolute Gasteiger partial charge is 0.399 e. The van der Waals surface area contributed by atoms with E-state index in [1.165, 1.54) is 0 Å².